The van der Waals surface area contributed by atoms with Gasteiger partial charge in [0.2, 0.25) is 0 Å². The van der Waals surface area contributed by atoms with Crippen molar-refractivity contribution in [3.63, 3.8) is 0 Å². The smallest absolute Gasteiger partial charge is 0.352 e. The average molecular weight is 459 g/mol. The molecule has 174 valence electrons. The molecule has 9 heteroatoms. The standard InChI is InChI=1S/C23H23F6NO2/c1-14(17-10-18(22(24,25)26)12-19(11-17)23(27,28)29)32-21-20(15-6-4-3-5-7-15)16(13-30-2)8-9-31-21/h3-7,10-14,16,20-21H,8-9H2,1-2H3/t14-,16+,20?,21-/m1/s1. The Morgan fingerprint density at radius 1 is 1.00 bits per heavy atom. The summed E-state index contributed by atoms with van der Waals surface area (Å²) in [5.41, 5.74) is -2.10. The topological polar surface area (TPSA) is 30.8 Å². The lowest BCUT2D eigenvalue weighted by Gasteiger charge is -2.38. The third-order valence-electron chi connectivity index (χ3n) is 5.43. The van der Waals surface area contributed by atoms with E-state index in [-0.39, 0.29) is 23.5 Å². The maximum Gasteiger partial charge on any atom is 0.416 e. The van der Waals surface area contributed by atoms with Crippen LogP contribution in [-0.2, 0) is 21.8 Å². The number of benzene rings is 2. The zero-order chi connectivity index (χ0) is 23.5. The molecular formula is C23H23F6NO2. The number of rotatable bonds is 5. The highest BCUT2D eigenvalue weighted by atomic mass is 19.4. The minimum absolute atomic E-state index is 0.0550. The molecule has 0 amide bonds. The van der Waals surface area contributed by atoms with E-state index in [9.17, 15) is 26.3 Å². The molecule has 1 heterocycles. The molecule has 2 aromatic rings. The molecule has 0 saturated carbocycles. The van der Waals surface area contributed by atoms with Crippen LogP contribution in [0.3, 0.4) is 0 Å². The molecule has 2 aromatic carbocycles. The minimum Gasteiger partial charge on any atom is -0.352 e. The predicted octanol–water partition coefficient (Wildman–Crippen LogP) is 6.65. The van der Waals surface area contributed by atoms with Crippen molar-refractivity contribution in [3.8, 4) is 0 Å². The first-order valence-corrected chi connectivity index (χ1v) is 10.0. The second-order valence-corrected chi connectivity index (χ2v) is 7.65. The summed E-state index contributed by atoms with van der Waals surface area (Å²) < 4.78 is 91.1. The van der Waals surface area contributed by atoms with Gasteiger partial charge in [-0.05, 0) is 42.7 Å². The molecular weight excluding hydrogens is 436 g/mol. The molecule has 0 radical (unpaired) electrons. The number of ether oxygens (including phenoxy) is 2. The SMILES string of the molecule is CN=C[C@@H]1CCO[C@H](O[C@H](C)c2cc(C(F)(F)F)cc(C(F)(F)F)c2)C1c1ccccc1. The van der Waals surface area contributed by atoms with E-state index < -0.39 is 35.9 Å². The molecule has 0 bridgehead atoms. The molecule has 0 aliphatic carbocycles. The quantitative estimate of drug-likeness (QED) is 0.370. The van der Waals surface area contributed by atoms with Crippen LogP contribution in [0.2, 0.25) is 0 Å². The largest absolute Gasteiger partial charge is 0.416 e. The molecule has 0 N–H and O–H groups in total. The molecule has 1 fully saturated rings. The summed E-state index contributed by atoms with van der Waals surface area (Å²) in [5, 5.41) is 0. The highest BCUT2D eigenvalue weighted by Gasteiger charge is 2.39. The Hall–Kier alpha value is -2.39. The van der Waals surface area contributed by atoms with Crippen LogP contribution in [0.25, 0.3) is 0 Å². The third kappa shape index (κ3) is 5.69. The van der Waals surface area contributed by atoms with Crippen molar-refractivity contribution in [2.24, 2.45) is 10.9 Å². The lowest BCUT2D eigenvalue weighted by Crippen LogP contribution is -2.38. The normalized spacial score (nSPS) is 23.4. The molecule has 3 nitrogen and oxygen atoms in total. The van der Waals surface area contributed by atoms with Crippen LogP contribution in [0.4, 0.5) is 26.3 Å². The van der Waals surface area contributed by atoms with Crippen LogP contribution in [0.15, 0.2) is 53.5 Å². The number of aliphatic imine (C=N–C) groups is 1. The maximum atomic E-state index is 13.2. The second-order valence-electron chi connectivity index (χ2n) is 7.65. The lowest BCUT2D eigenvalue weighted by atomic mass is 9.82. The molecule has 1 unspecified atom stereocenters. The fraction of sp³-hybridized carbons (Fsp3) is 0.435. The van der Waals surface area contributed by atoms with Gasteiger partial charge in [0.25, 0.3) is 0 Å². The highest BCUT2D eigenvalue weighted by Crippen LogP contribution is 2.41. The number of nitrogens with zero attached hydrogens (tertiary/aromatic N) is 1. The van der Waals surface area contributed by atoms with Gasteiger partial charge in [-0.2, -0.15) is 26.3 Å². The molecule has 32 heavy (non-hydrogen) atoms. The third-order valence-corrected chi connectivity index (χ3v) is 5.43. The molecule has 4 atom stereocenters. The zero-order valence-corrected chi connectivity index (χ0v) is 17.5. The molecule has 0 aromatic heterocycles. The van der Waals surface area contributed by atoms with Crippen molar-refractivity contribution >= 4 is 6.21 Å². The first-order chi connectivity index (χ1) is 15.0. The van der Waals surface area contributed by atoms with E-state index in [4.69, 9.17) is 9.47 Å². The van der Waals surface area contributed by atoms with Gasteiger partial charge < -0.3 is 14.5 Å². The Labute approximate surface area is 182 Å². The van der Waals surface area contributed by atoms with Crippen molar-refractivity contribution in [1.82, 2.24) is 0 Å². The van der Waals surface area contributed by atoms with Gasteiger partial charge in [0.1, 0.15) is 0 Å². The first-order valence-electron chi connectivity index (χ1n) is 10.0. The lowest BCUT2D eigenvalue weighted by molar-refractivity contribution is -0.203. The van der Waals surface area contributed by atoms with Crippen molar-refractivity contribution in [2.75, 3.05) is 13.7 Å². The van der Waals surface area contributed by atoms with Crippen molar-refractivity contribution in [3.05, 3.63) is 70.8 Å². The van der Waals surface area contributed by atoms with Crippen LogP contribution in [0.1, 0.15) is 47.6 Å². The van der Waals surface area contributed by atoms with E-state index >= 15 is 0 Å². The fourth-order valence-corrected chi connectivity index (χ4v) is 3.86. The Morgan fingerprint density at radius 2 is 1.59 bits per heavy atom. The Morgan fingerprint density at radius 3 is 2.12 bits per heavy atom. The Kier molecular flexibility index (Phi) is 7.29. The average Bonchev–Trinajstić information content (AvgIpc) is 2.73. The Bertz CT molecular complexity index is 894. The van der Waals surface area contributed by atoms with E-state index in [2.05, 4.69) is 4.99 Å². The van der Waals surface area contributed by atoms with Crippen LogP contribution in [-0.4, -0.2) is 26.2 Å². The summed E-state index contributed by atoms with van der Waals surface area (Å²) in [6, 6.07) is 10.8. The molecule has 0 spiro atoms. The summed E-state index contributed by atoms with van der Waals surface area (Å²) in [4.78, 5) is 4.10. The van der Waals surface area contributed by atoms with E-state index in [0.717, 1.165) is 5.56 Å². The molecule has 3 rings (SSSR count). The summed E-state index contributed by atoms with van der Waals surface area (Å²) in [5.74, 6) is -0.371. The van der Waals surface area contributed by atoms with Gasteiger partial charge in [-0.1, -0.05) is 30.3 Å². The van der Waals surface area contributed by atoms with Crippen molar-refractivity contribution in [2.45, 2.75) is 44.0 Å². The van der Waals surface area contributed by atoms with Crippen molar-refractivity contribution < 1.29 is 35.8 Å². The minimum atomic E-state index is -4.92. The van der Waals surface area contributed by atoms with Gasteiger partial charge in [-0.25, -0.2) is 0 Å². The van der Waals surface area contributed by atoms with Crippen molar-refractivity contribution in [1.29, 1.82) is 0 Å². The second kappa shape index (κ2) is 9.62. The summed E-state index contributed by atoms with van der Waals surface area (Å²) in [6.07, 6.45) is -9.36. The summed E-state index contributed by atoms with van der Waals surface area (Å²) in [6.45, 7) is 1.74. The van der Waals surface area contributed by atoms with Gasteiger partial charge in [0.15, 0.2) is 6.29 Å². The van der Waals surface area contributed by atoms with Gasteiger partial charge in [0, 0.05) is 25.1 Å². The Balaban J connectivity index is 1.94. The van der Waals surface area contributed by atoms with Gasteiger partial charge >= 0.3 is 12.4 Å². The van der Waals surface area contributed by atoms with E-state index in [1.54, 1.807) is 13.3 Å². The molecule has 1 saturated heterocycles. The monoisotopic (exact) mass is 459 g/mol. The van der Waals surface area contributed by atoms with Crippen LogP contribution in [0, 0.1) is 5.92 Å². The number of hydrogen-bond acceptors (Lipinski definition) is 3. The van der Waals surface area contributed by atoms with Crippen LogP contribution < -0.4 is 0 Å². The van der Waals surface area contributed by atoms with Gasteiger partial charge in [0.05, 0.1) is 23.8 Å². The molecule has 1 aliphatic heterocycles. The maximum absolute atomic E-state index is 13.2. The van der Waals surface area contributed by atoms with E-state index in [1.807, 2.05) is 30.3 Å². The van der Waals surface area contributed by atoms with Crippen LogP contribution in [0.5, 0.6) is 0 Å². The van der Waals surface area contributed by atoms with Gasteiger partial charge in [-0.3, -0.25) is 0 Å². The van der Waals surface area contributed by atoms with Crippen LogP contribution >= 0.6 is 0 Å². The predicted molar refractivity (Wildman–Crippen MR) is 107 cm³/mol. The van der Waals surface area contributed by atoms with E-state index in [1.165, 1.54) is 6.92 Å². The van der Waals surface area contributed by atoms with E-state index in [0.29, 0.717) is 25.2 Å². The highest BCUT2D eigenvalue weighted by molar-refractivity contribution is 5.62. The number of alkyl halides is 6. The summed E-state index contributed by atoms with van der Waals surface area (Å²) >= 11 is 0. The molecule has 1 aliphatic rings. The summed E-state index contributed by atoms with van der Waals surface area (Å²) in [7, 11) is 1.64. The zero-order valence-electron chi connectivity index (χ0n) is 17.5. The van der Waals surface area contributed by atoms with Gasteiger partial charge in [-0.15, -0.1) is 0 Å². The first kappa shape index (κ1) is 24.3. The fourth-order valence-electron chi connectivity index (χ4n) is 3.86. The number of halogens is 6. The number of hydrogen-bond donors (Lipinski definition) is 0.